The third-order valence-corrected chi connectivity index (χ3v) is 5.07. The molecule has 0 saturated carbocycles. The topological polar surface area (TPSA) is 61.4 Å². The van der Waals surface area contributed by atoms with Gasteiger partial charge in [-0.25, -0.2) is 8.78 Å². The second-order valence-electron chi connectivity index (χ2n) is 7.13. The molecule has 2 aromatic rings. The lowest BCUT2D eigenvalue weighted by molar-refractivity contribution is -0.126. The number of nitrogens with one attached hydrogen (secondary N) is 2. The predicted molar refractivity (Wildman–Crippen MR) is 108 cm³/mol. The van der Waals surface area contributed by atoms with Gasteiger partial charge in [-0.3, -0.25) is 9.59 Å². The molecule has 0 bridgehead atoms. The minimum atomic E-state index is -0.862. The summed E-state index contributed by atoms with van der Waals surface area (Å²) in [5, 5.41) is 6.24. The summed E-state index contributed by atoms with van der Waals surface area (Å²) < 4.78 is 26.8. The first kappa shape index (κ1) is 20.8. The summed E-state index contributed by atoms with van der Waals surface area (Å²) >= 11 is 0. The highest BCUT2D eigenvalue weighted by Crippen LogP contribution is 2.20. The molecule has 154 valence electrons. The van der Waals surface area contributed by atoms with Gasteiger partial charge in [0.1, 0.15) is 11.6 Å². The minimum absolute atomic E-state index is 0.00947. The molecular weight excluding hydrogens is 376 g/mol. The number of benzene rings is 2. The number of carbonyl (C=O) groups is 2. The molecule has 1 aliphatic rings. The summed E-state index contributed by atoms with van der Waals surface area (Å²) in [4.78, 5) is 26.3. The lowest BCUT2D eigenvalue weighted by Gasteiger charge is -2.31. The Balaban J connectivity index is 1.37. The first-order valence-corrected chi connectivity index (χ1v) is 9.85. The molecule has 1 fully saturated rings. The maximum absolute atomic E-state index is 13.8. The minimum Gasteiger partial charge on any atom is -0.385 e. The zero-order chi connectivity index (χ0) is 20.6. The second-order valence-corrected chi connectivity index (χ2v) is 7.13. The van der Waals surface area contributed by atoms with Crippen molar-refractivity contribution in [3.63, 3.8) is 0 Å². The maximum atomic E-state index is 13.8. The first-order chi connectivity index (χ1) is 14.0. The Hall–Kier alpha value is -2.96. The number of para-hydroxylation sites is 1. The van der Waals surface area contributed by atoms with Crippen molar-refractivity contribution in [2.24, 2.45) is 5.92 Å². The molecule has 29 heavy (non-hydrogen) atoms. The normalized spacial score (nSPS) is 14.5. The lowest BCUT2D eigenvalue weighted by Crippen LogP contribution is -2.43. The van der Waals surface area contributed by atoms with Crippen LogP contribution in [0.5, 0.6) is 0 Å². The molecule has 2 aromatic carbocycles. The molecule has 1 aliphatic heterocycles. The van der Waals surface area contributed by atoms with Crippen molar-refractivity contribution in [2.75, 3.05) is 31.5 Å². The van der Waals surface area contributed by atoms with Gasteiger partial charge in [0.25, 0.3) is 5.91 Å². The van der Waals surface area contributed by atoms with Crippen LogP contribution in [0.3, 0.4) is 0 Å². The van der Waals surface area contributed by atoms with E-state index in [9.17, 15) is 18.4 Å². The number of carbonyl (C=O) groups excluding carboxylic acids is 2. The standard InChI is InChI=1S/C22H25F2N3O2/c23-17-7-8-19(20(24)15-17)22(29)27-13-9-16(10-14-27)21(28)26-12-4-11-25-18-5-2-1-3-6-18/h1-3,5-8,15-16,25H,4,9-14H2,(H,26,28). The van der Waals surface area contributed by atoms with Crippen molar-refractivity contribution in [1.82, 2.24) is 10.2 Å². The van der Waals surface area contributed by atoms with E-state index in [1.165, 1.54) is 4.90 Å². The van der Waals surface area contributed by atoms with Crippen molar-refractivity contribution in [1.29, 1.82) is 0 Å². The lowest BCUT2D eigenvalue weighted by atomic mass is 9.95. The molecule has 0 aliphatic carbocycles. The van der Waals surface area contributed by atoms with Crippen LogP contribution < -0.4 is 10.6 Å². The van der Waals surface area contributed by atoms with Gasteiger partial charge in [0.05, 0.1) is 5.56 Å². The van der Waals surface area contributed by atoms with E-state index in [1.807, 2.05) is 30.3 Å². The molecule has 0 radical (unpaired) electrons. The van der Waals surface area contributed by atoms with Crippen LogP contribution in [0.2, 0.25) is 0 Å². The summed E-state index contributed by atoms with van der Waals surface area (Å²) in [5.41, 5.74) is 0.911. The molecule has 5 nitrogen and oxygen atoms in total. The molecule has 2 amide bonds. The van der Waals surface area contributed by atoms with Crippen LogP contribution in [-0.2, 0) is 4.79 Å². The third kappa shape index (κ3) is 5.76. The Morgan fingerprint density at radius 3 is 2.41 bits per heavy atom. The van der Waals surface area contributed by atoms with Gasteiger partial charge in [-0.1, -0.05) is 18.2 Å². The van der Waals surface area contributed by atoms with E-state index in [0.717, 1.165) is 30.8 Å². The molecule has 0 spiro atoms. The number of hydrogen-bond acceptors (Lipinski definition) is 3. The monoisotopic (exact) mass is 401 g/mol. The molecule has 7 heteroatoms. The average Bonchev–Trinajstić information content (AvgIpc) is 2.74. The Kier molecular flexibility index (Phi) is 7.16. The summed E-state index contributed by atoms with van der Waals surface area (Å²) in [6.07, 6.45) is 1.87. The van der Waals surface area contributed by atoms with E-state index in [4.69, 9.17) is 0 Å². The van der Waals surface area contributed by atoms with E-state index in [0.29, 0.717) is 38.5 Å². The predicted octanol–water partition coefficient (Wildman–Crippen LogP) is 3.44. The van der Waals surface area contributed by atoms with Crippen molar-refractivity contribution in [2.45, 2.75) is 19.3 Å². The summed E-state index contributed by atoms with van der Waals surface area (Å²) in [5.74, 6) is -2.20. The van der Waals surface area contributed by atoms with Crippen LogP contribution in [0.4, 0.5) is 14.5 Å². The highest BCUT2D eigenvalue weighted by molar-refractivity contribution is 5.94. The Labute approximate surface area is 169 Å². The highest BCUT2D eigenvalue weighted by atomic mass is 19.1. The van der Waals surface area contributed by atoms with Gasteiger partial charge in [0.15, 0.2) is 0 Å². The van der Waals surface area contributed by atoms with Crippen molar-refractivity contribution in [3.8, 4) is 0 Å². The van der Waals surface area contributed by atoms with Crippen molar-refractivity contribution in [3.05, 3.63) is 65.7 Å². The van der Waals surface area contributed by atoms with Gasteiger partial charge in [-0.2, -0.15) is 0 Å². The average molecular weight is 401 g/mol. The number of hydrogen-bond donors (Lipinski definition) is 2. The molecule has 0 aromatic heterocycles. The zero-order valence-electron chi connectivity index (χ0n) is 16.2. The van der Waals surface area contributed by atoms with Gasteiger partial charge in [0.2, 0.25) is 5.91 Å². The van der Waals surface area contributed by atoms with Gasteiger partial charge in [-0.15, -0.1) is 0 Å². The fourth-order valence-corrected chi connectivity index (χ4v) is 3.41. The van der Waals surface area contributed by atoms with Gasteiger partial charge in [0, 0.05) is 43.9 Å². The van der Waals surface area contributed by atoms with E-state index < -0.39 is 17.5 Å². The summed E-state index contributed by atoms with van der Waals surface area (Å²) in [6, 6.07) is 12.8. The first-order valence-electron chi connectivity index (χ1n) is 9.85. The van der Waals surface area contributed by atoms with Crippen LogP contribution in [0.15, 0.2) is 48.5 Å². The molecule has 1 heterocycles. The van der Waals surface area contributed by atoms with E-state index in [1.54, 1.807) is 0 Å². The molecule has 2 N–H and O–H groups in total. The number of likely N-dealkylation sites (tertiary alicyclic amines) is 1. The quantitative estimate of drug-likeness (QED) is 0.699. The van der Waals surface area contributed by atoms with Gasteiger partial charge < -0.3 is 15.5 Å². The number of rotatable bonds is 7. The number of anilines is 1. The van der Waals surface area contributed by atoms with Gasteiger partial charge in [-0.05, 0) is 43.5 Å². The van der Waals surface area contributed by atoms with Gasteiger partial charge >= 0.3 is 0 Å². The van der Waals surface area contributed by atoms with Crippen LogP contribution in [0.1, 0.15) is 29.6 Å². The molecule has 3 rings (SSSR count). The summed E-state index contributed by atoms with van der Waals surface area (Å²) in [6.45, 7) is 2.10. The fourth-order valence-electron chi connectivity index (χ4n) is 3.41. The van der Waals surface area contributed by atoms with Crippen molar-refractivity contribution < 1.29 is 18.4 Å². The smallest absolute Gasteiger partial charge is 0.256 e. The molecule has 1 saturated heterocycles. The molecule has 0 atom stereocenters. The number of nitrogens with zero attached hydrogens (tertiary/aromatic N) is 1. The van der Waals surface area contributed by atoms with Crippen LogP contribution in [0.25, 0.3) is 0 Å². The number of halogens is 2. The zero-order valence-corrected chi connectivity index (χ0v) is 16.2. The van der Waals surface area contributed by atoms with E-state index in [2.05, 4.69) is 10.6 Å². The van der Waals surface area contributed by atoms with E-state index in [-0.39, 0.29) is 17.4 Å². The third-order valence-electron chi connectivity index (χ3n) is 5.07. The SMILES string of the molecule is O=C(NCCCNc1ccccc1)C1CCN(C(=O)c2ccc(F)cc2F)CC1. The fraction of sp³-hybridized carbons (Fsp3) is 0.364. The van der Waals surface area contributed by atoms with Crippen LogP contribution in [0, 0.1) is 17.6 Å². The number of amides is 2. The van der Waals surface area contributed by atoms with Crippen molar-refractivity contribution >= 4 is 17.5 Å². The van der Waals surface area contributed by atoms with Crippen LogP contribution >= 0.6 is 0 Å². The van der Waals surface area contributed by atoms with E-state index >= 15 is 0 Å². The Bertz CT molecular complexity index is 837. The molecule has 0 unspecified atom stereocenters. The second kappa shape index (κ2) is 10.0. The summed E-state index contributed by atoms with van der Waals surface area (Å²) in [7, 11) is 0. The molecular formula is C22H25F2N3O2. The largest absolute Gasteiger partial charge is 0.385 e. The maximum Gasteiger partial charge on any atom is 0.256 e. The number of piperidine rings is 1. The van der Waals surface area contributed by atoms with Crippen LogP contribution in [-0.4, -0.2) is 42.9 Å². The Morgan fingerprint density at radius 1 is 1.00 bits per heavy atom. The highest BCUT2D eigenvalue weighted by Gasteiger charge is 2.28. The Morgan fingerprint density at radius 2 is 1.72 bits per heavy atom.